The van der Waals surface area contributed by atoms with Gasteiger partial charge in [0.2, 0.25) is 0 Å². The maximum Gasteiger partial charge on any atom is 0.307 e. The fraction of sp³-hybridized carbons (Fsp3) is 0.381. The summed E-state index contributed by atoms with van der Waals surface area (Å²) < 4.78 is 11.1. The van der Waals surface area contributed by atoms with Gasteiger partial charge in [-0.05, 0) is 44.0 Å². The van der Waals surface area contributed by atoms with Crippen LogP contribution in [0.15, 0.2) is 42.5 Å². The van der Waals surface area contributed by atoms with Crippen LogP contribution in [0.4, 0.5) is 5.69 Å². The average molecular weight is 339 g/mol. The molecule has 0 spiro atoms. The van der Waals surface area contributed by atoms with E-state index in [0.717, 1.165) is 23.5 Å². The molecule has 0 saturated heterocycles. The molecule has 1 heterocycles. The van der Waals surface area contributed by atoms with Gasteiger partial charge in [-0.1, -0.05) is 35.9 Å². The van der Waals surface area contributed by atoms with Gasteiger partial charge in [-0.2, -0.15) is 0 Å². The lowest BCUT2D eigenvalue weighted by molar-refractivity contribution is -0.143. The third-order valence-corrected chi connectivity index (χ3v) is 4.48. The highest BCUT2D eigenvalue weighted by molar-refractivity contribution is 5.72. The van der Waals surface area contributed by atoms with E-state index in [0.29, 0.717) is 19.6 Å². The molecule has 25 heavy (non-hydrogen) atoms. The highest BCUT2D eigenvalue weighted by Crippen LogP contribution is 2.36. The zero-order valence-electron chi connectivity index (χ0n) is 15.1. The first-order chi connectivity index (χ1) is 12.1. The Labute approximate surface area is 149 Å². The summed E-state index contributed by atoms with van der Waals surface area (Å²) in [6.07, 6.45) is 0.326. The number of ether oxygens (including phenoxy) is 2. The van der Waals surface area contributed by atoms with Gasteiger partial charge < -0.3 is 14.4 Å². The van der Waals surface area contributed by atoms with E-state index in [9.17, 15) is 4.79 Å². The van der Waals surface area contributed by atoms with E-state index in [4.69, 9.17) is 9.47 Å². The molecule has 0 saturated carbocycles. The van der Waals surface area contributed by atoms with Crippen LogP contribution in [0.5, 0.6) is 5.75 Å². The van der Waals surface area contributed by atoms with Gasteiger partial charge in [0, 0.05) is 6.54 Å². The zero-order valence-corrected chi connectivity index (χ0v) is 15.1. The normalized spacial score (nSPS) is 16.1. The second-order valence-electron chi connectivity index (χ2n) is 6.56. The van der Waals surface area contributed by atoms with E-state index >= 15 is 0 Å². The molecule has 2 aromatic carbocycles. The first-order valence-corrected chi connectivity index (χ1v) is 8.78. The number of esters is 1. The van der Waals surface area contributed by atoms with Crippen LogP contribution >= 0.6 is 0 Å². The largest absolute Gasteiger partial charge is 0.489 e. The van der Waals surface area contributed by atoms with Crippen LogP contribution in [0.25, 0.3) is 0 Å². The summed E-state index contributed by atoms with van der Waals surface area (Å²) >= 11 is 0. The molecule has 0 bridgehead atoms. The Morgan fingerprint density at radius 3 is 2.60 bits per heavy atom. The predicted molar refractivity (Wildman–Crippen MR) is 99.1 cm³/mol. The smallest absolute Gasteiger partial charge is 0.307 e. The summed E-state index contributed by atoms with van der Waals surface area (Å²) in [4.78, 5) is 14.3. The number of carbonyl (C=O) groups excluding carboxylic acids is 1. The second kappa shape index (κ2) is 7.60. The van der Waals surface area contributed by atoms with Crippen LogP contribution in [-0.4, -0.2) is 25.2 Å². The molecule has 3 rings (SSSR count). The van der Waals surface area contributed by atoms with Crippen molar-refractivity contribution in [1.29, 1.82) is 0 Å². The fourth-order valence-electron chi connectivity index (χ4n) is 3.13. The van der Waals surface area contributed by atoms with Gasteiger partial charge >= 0.3 is 5.97 Å². The predicted octanol–water partition coefficient (Wildman–Crippen LogP) is 4.02. The van der Waals surface area contributed by atoms with Gasteiger partial charge in [-0.3, -0.25) is 4.79 Å². The number of aryl methyl sites for hydroxylation is 2. The number of anilines is 1. The van der Waals surface area contributed by atoms with Gasteiger partial charge in [0.15, 0.2) is 0 Å². The highest BCUT2D eigenvalue weighted by Gasteiger charge is 2.30. The number of nitrogens with zero attached hydrogens (tertiary/aromatic N) is 1. The molecule has 4 heteroatoms. The Kier molecular flexibility index (Phi) is 5.27. The summed E-state index contributed by atoms with van der Waals surface area (Å²) in [6.45, 7) is 7.60. The molecule has 1 aliphatic rings. The number of benzene rings is 2. The van der Waals surface area contributed by atoms with Crippen molar-refractivity contribution in [3.05, 3.63) is 59.2 Å². The Morgan fingerprint density at radius 1 is 1.16 bits per heavy atom. The fourth-order valence-corrected chi connectivity index (χ4v) is 3.13. The van der Waals surface area contributed by atoms with E-state index in [1.165, 1.54) is 11.1 Å². The monoisotopic (exact) mass is 339 g/mol. The first kappa shape index (κ1) is 17.3. The Balaban J connectivity index is 1.88. The first-order valence-electron chi connectivity index (χ1n) is 8.78. The maximum atomic E-state index is 12.0. The molecule has 0 radical (unpaired) electrons. The molecular formula is C21H25NO3. The highest BCUT2D eigenvalue weighted by atomic mass is 16.5. The van der Waals surface area contributed by atoms with Crippen LogP contribution in [0.2, 0.25) is 0 Å². The SMILES string of the molecule is CCOC(=O)C[C@@H]1COc2cc(C)ccc2N1Cc1ccc(C)cc1. The molecule has 132 valence electrons. The number of hydrogen-bond donors (Lipinski definition) is 0. The number of hydrogen-bond acceptors (Lipinski definition) is 4. The van der Waals surface area contributed by atoms with E-state index in [1.54, 1.807) is 0 Å². The van der Waals surface area contributed by atoms with Crippen LogP contribution in [-0.2, 0) is 16.1 Å². The van der Waals surface area contributed by atoms with Gasteiger partial charge in [-0.25, -0.2) is 0 Å². The molecule has 4 nitrogen and oxygen atoms in total. The summed E-state index contributed by atoms with van der Waals surface area (Å²) in [7, 11) is 0. The lowest BCUT2D eigenvalue weighted by Crippen LogP contribution is -2.44. The molecule has 0 N–H and O–H groups in total. The van der Waals surface area contributed by atoms with Gasteiger partial charge in [0.25, 0.3) is 0 Å². The lowest BCUT2D eigenvalue weighted by Gasteiger charge is -2.38. The van der Waals surface area contributed by atoms with Crippen LogP contribution in [0.3, 0.4) is 0 Å². The minimum absolute atomic E-state index is 0.0319. The van der Waals surface area contributed by atoms with Gasteiger partial charge in [0.1, 0.15) is 12.4 Å². The molecule has 0 aliphatic carbocycles. The minimum Gasteiger partial charge on any atom is -0.489 e. The van der Waals surface area contributed by atoms with Crippen LogP contribution in [0, 0.1) is 13.8 Å². The summed E-state index contributed by atoms with van der Waals surface area (Å²) in [5.74, 6) is 0.702. The van der Waals surface area contributed by atoms with Crippen LogP contribution < -0.4 is 9.64 Å². The van der Waals surface area contributed by atoms with Gasteiger partial charge in [0.05, 0.1) is 24.8 Å². The zero-order chi connectivity index (χ0) is 17.8. The van der Waals surface area contributed by atoms with Gasteiger partial charge in [-0.15, -0.1) is 0 Å². The number of fused-ring (bicyclic) bond motifs is 1. The Hall–Kier alpha value is -2.49. The molecule has 0 amide bonds. The van der Waals surface area contributed by atoms with Crippen molar-refractivity contribution < 1.29 is 14.3 Å². The molecule has 1 atom stereocenters. The third kappa shape index (κ3) is 4.13. The second-order valence-corrected chi connectivity index (χ2v) is 6.56. The third-order valence-electron chi connectivity index (χ3n) is 4.48. The number of carbonyl (C=O) groups is 1. The quantitative estimate of drug-likeness (QED) is 0.771. The van der Waals surface area contributed by atoms with E-state index in [2.05, 4.69) is 61.2 Å². The number of rotatable bonds is 5. The van der Waals surface area contributed by atoms with E-state index in [-0.39, 0.29) is 12.0 Å². The Morgan fingerprint density at radius 2 is 1.88 bits per heavy atom. The topological polar surface area (TPSA) is 38.8 Å². The summed E-state index contributed by atoms with van der Waals surface area (Å²) in [5.41, 5.74) is 4.65. The van der Waals surface area contributed by atoms with Crippen molar-refractivity contribution >= 4 is 11.7 Å². The van der Waals surface area contributed by atoms with Crippen molar-refractivity contribution in [2.24, 2.45) is 0 Å². The van der Waals surface area contributed by atoms with Crippen LogP contribution in [0.1, 0.15) is 30.0 Å². The van der Waals surface area contributed by atoms with E-state index < -0.39 is 0 Å². The molecule has 0 fully saturated rings. The molecule has 0 aromatic heterocycles. The van der Waals surface area contributed by atoms with E-state index in [1.807, 2.05) is 6.92 Å². The summed E-state index contributed by atoms with van der Waals surface area (Å²) in [6, 6.07) is 14.7. The Bertz CT molecular complexity index is 739. The molecular weight excluding hydrogens is 314 g/mol. The molecule has 2 aromatic rings. The van der Waals surface area contributed by atoms with Crippen molar-refractivity contribution in [2.45, 2.75) is 39.8 Å². The molecule has 1 aliphatic heterocycles. The average Bonchev–Trinajstić information content (AvgIpc) is 2.59. The molecule has 0 unspecified atom stereocenters. The van der Waals surface area contributed by atoms with Crippen molar-refractivity contribution in [3.63, 3.8) is 0 Å². The van der Waals surface area contributed by atoms with Crippen molar-refractivity contribution in [2.75, 3.05) is 18.1 Å². The summed E-state index contributed by atoms with van der Waals surface area (Å²) in [5, 5.41) is 0. The lowest BCUT2D eigenvalue weighted by atomic mass is 10.0. The maximum absolute atomic E-state index is 12.0. The minimum atomic E-state index is -0.180. The van der Waals surface area contributed by atoms with Crippen molar-refractivity contribution in [3.8, 4) is 5.75 Å². The standard InChI is InChI=1S/C21H25NO3/c1-4-24-21(23)12-18-14-25-20-11-16(3)7-10-19(20)22(18)13-17-8-5-15(2)6-9-17/h5-11,18H,4,12-14H2,1-3H3/t18-/m1/s1. The van der Waals surface area contributed by atoms with Crippen molar-refractivity contribution in [1.82, 2.24) is 0 Å².